The van der Waals surface area contributed by atoms with Gasteiger partial charge in [-0.15, -0.1) is 0 Å². The SMILES string of the molecule is CCOc1ccc(Cl)cc1NC1CC(C)(C)OC1(C)C. The van der Waals surface area contributed by atoms with Crippen molar-refractivity contribution < 1.29 is 9.47 Å². The number of rotatable bonds is 4. The Bertz CT molecular complexity index is 485. The van der Waals surface area contributed by atoms with Gasteiger partial charge in [-0.25, -0.2) is 0 Å². The van der Waals surface area contributed by atoms with Gasteiger partial charge in [0, 0.05) is 5.02 Å². The van der Waals surface area contributed by atoms with Crippen LogP contribution >= 0.6 is 11.6 Å². The molecule has 1 N–H and O–H groups in total. The van der Waals surface area contributed by atoms with Gasteiger partial charge in [0.1, 0.15) is 5.75 Å². The summed E-state index contributed by atoms with van der Waals surface area (Å²) in [5, 5.41) is 4.25. The zero-order valence-electron chi connectivity index (χ0n) is 12.9. The molecule has 1 aromatic rings. The summed E-state index contributed by atoms with van der Waals surface area (Å²) in [5.74, 6) is 0.831. The van der Waals surface area contributed by atoms with Crippen LogP contribution in [0, 0.1) is 0 Å². The monoisotopic (exact) mass is 297 g/mol. The Kier molecular flexibility index (Phi) is 4.22. The molecule has 0 aromatic heterocycles. The zero-order valence-corrected chi connectivity index (χ0v) is 13.7. The van der Waals surface area contributed by atoms with Crippen molar-refractivity contribution in [2.24, 2.45) is 0 Å². The summed E-state index contributed by atoms with van der Waals surface area (Å²) >= 11 is 6.10. The summed E-state index contributed by atoms with van der Waals surface area (Å²) in [6.07, 6.45) is 0.943. The standard InChI is InChI=1S/C16H24ClNO2/c1-6-19-13-8-7-11(17)9-12(13)18-14-10-15(2,3)20-16(14,4)5/h7-9,14,18H,6,10H2,1-5H3. The number of benzene rings is 1. The largest absolute Gasteiger partial charge is 0.492 e. The highest BCUT2D eigenvalue weighted by Crippen LogP contribution is 2.40. The van der Waals surface area contributed by atoms with Crippen molar-refractivity contribution >= 4 is 17.3 Å². The van der Waals surface area contributed by atoms with Crippen LogP contribution in [0.5, 0.6) is 5.75 Å². The van der Waals surface area contributed by atoms with Crippen LogP contribution in [0.4, 0.5) is 5.69 Å². The van der Waals surface area contributed by atoms with E-state index in [1.165, 1.54) is 0 Å². The lowest BCUT2D eigenvalue weighted by Crippen LogP contribution is -2.38. The molecule has 1 aliphatic heterocycles. The number of nitrogens with one attached hydrogen (secondary N) is 1. The van der Waals surface area contributed by atoms with Crippen molar-refractivity contribution in [2.75, 3.05) is 11.9 Å². The average Bonchev–Trinajstić information content (AvgIpc) is 2.50. The van der Waals surface area contributed by atoms with Gasteiger partial charge in [-0.3, -0.25) is 0 Å². The topological polar surface area (TPSA) is 30.5 Å². The highest BCUT2D eigenvalue weighted by atomic mass is 35.5. The van der Waals surface area contributed by atoms with E-state index in [1.54, 1.807) is 0 Å². The van der Waals surface area contributed by atoms with E-state index in [2.05, 4.69) is 33.0 Å². The highest BCUT2D eigenvalue weighted by Gasteiger charge is 2.46. The molecular formula is C16H24ClNO2. The van der Waals surface area contributed by atoms with Crippen molar-refractivity contribution in [2.45, 2.75) is 58.3 Å². The van der Waals surface area contributed by atoms with E-state index in [0.29, 0.717) is 11.6 Å². The summed E-state index contributed by atoms with van der Waals surface area (Å²) in [4.78, 5) is 0. The summed E-state index contributed by atoms with van der Waals surface area (Å²) in [7, 11) is 0. The first kappa shape index (κ1) is 15.5. The third-order valence-electron chi connectivity index (χ3n) is 3.65. The predicted molar refractivity (Wildman–Crippen MR) is 83.9 cm³/mol. The molecule has 0 aliphatic carbocycles. The van der Waals surface area contributed by atoms with Gasteiger partial charge in [-0.05, 0) is 59.2 Å². The second kappa shape index (κ2) is 5.45. The van der Waals surface area contributed by atoms with E-state index in [1.807, 2.05) is 25.1 Å². The Morgan fingerprint density at radius 2 is 2.05 bits per heavy atom. The molecule has 0 spiro atoms. The molecule has 0 amide bonds. The van der Waals surface area contributed by atoms with E-state index in [9.17, 15) is 0 Å². The number of hydrogen-bond donors (Lipinski definition) is 1. The summed E-state index contributed by atoms with van der Waals surface area (Å²) < 4.78 is 11.8. The fourth-order valence-corrected chi connectivity index (χ4v) is 3.04. The molecule has 1 aromatic carbocycles. The molecule has 0 bridgehead atoms. The third kappa shape index (κ3) is 3.39. The van der Waals surface area contributed by atoms with Gasteiger partial charge in [0.25, 0.3) is 0 Å². The van der Waals surface area contributed by atoms with Crippen molar-refractivity contribution in [1.82, 2.24) is 0 Å². The Morgan fingerprint density at radius 3 is 2.60 bits per heavy atom. The van der Waals surface area contributed by atoms with Crippen LogP contribution in [-0.4, -0.2) is 23.9 Å². The average molecular weight is 298 g/mol. The molecule has 1 fully saturated rings. The number of ether oxygens (including phenoxy) is 2. The number of hydrogen-bond acceptors (Lipinski definition) is 3. The Labute approximate surface area is 126 Å². The lowest BCUT2D eigenvalue weighted by Gasteiger charge is -2.29. The lowest BCUT2D eigenvalue weighted by atomic mass is 9.94. The Morgan fingerprint density at radius 1 is 1.35 bits per heavy atom. The minimum Gasteiger partial charge on any atom is -0.492 e. The van der Waals surface area contributed by atoms with Gasteiger partial charge in [-0.2, -0.15) is 0 Å². The second-order valence-corrected chi connectivity index (χ2v) is 6.88. The molecule has 3 nitrogen and oxygen atoms in total. The van der Waals surface area contributed by atoms with Gasteiger partial charge < -0.3 is 14.8 Å². The molecular weight excluding hydrogens is 274 g/mol. The minimum atomic E-state index is -0.227. The summed E-state index contributed by atoms with van der Waals surface area (Å²) in [6, 6.07) is 5.88. The first-order chi connectivity index (χ1) is 9.23. The second-order valence-electron chi connectivity index (χ2n) is 6.44. The molecule has 112 valence electrons. The number of anilines is 1. The molecule has 1 heterocycles. The van der Waals surface area contributed by atoms with Gasteiger partial charge in [0.05, 0.1) is 29.5 Å². The third-order valence-corrected chi connectivity index (χ3v) is 3.88. The molecule has 1 aliphatic rings. The predicted octanol–water partition coefficient (Wildman–Crippen LogP) is 4.50. The maximum absolute atomic E-state index is 6.11. The van der Waals surface area contributed by atoms with E-state index >= 15 is 0 Å². The highest BCUT2D eigenvalue weighted by molar-refractivity contribution is 6.30. The Balaban J connectivity index is 2.23. The molecule has 4 heteroatoms. The summed E-state index contributed by atoms with van der Waals surface area (Å²) in [5.41, 5.74) is 0.583. The van der Waals surface area contributed by atoms with Crippen LogP contribution in [-0.2, 0) is 4.74 Å². The van der Waals surface area contributed by atoms with Gasteiger partial charge in [0.2, 0.25) is 0 Å². The van der Waals surface area contributed by atoms with Crippen molar-refractivity contribution in [3.63, 3.8) is 0 Å². The first-order valence-corrected chi connectivity index (χ1v) is 7.50. The molecule has 1 saturated heterocycles. The lowest BCUT2D eigenvalue weighted by molar-refractivity contribution is -0.0662. The van der Waals surface area contributed by atoms with E-state index in [0.717, 1.165) is 17.9 Å². The first-order valence-electron chi connectivity index (χ1n) is 7.12. The van der Waals surface area contributed by atoms with Crippen molar-refractivity contribution in [3.8, 4) is 5.75 Å². The molecule has 20 heavy (non-hydrogen) atoms. The van der Waals surface area contributed by atoms with Gasteiger partial charge in [0.15, 0.2) is 0 Å². The van der Waals surface area contributed by atoms with Gasteiger partial charge >= 0.3 is 0 Å². The fraction of sp³-hybridized carbons (Fsp3) is 0.625. The molecule has 2 rings (SSSR count). The number of halogens is 1. The van der Waals surface area contributed by atoms with Crippen molar-refractivity contribution in [3.05, 3.63) is 23.2 Å². The fourth-order valence-electron chi connectivity index (χ4n) is 2.87. The van der Waals surface area contributed by atoms with Crippen LogP contribution in [0.15, 0.2) is 18.2 Å². The maximum Gasteiger partial charge on any atom is 0.142 e. The smallest absolute Gasteiger partial charge is 0.142 e. The van der Waals surface area contributed by atoms with Gasteiger partial charge in [-0.1, -0.05) is 11.6 Å². The van der Waals surface area contributed by atoms with E-state index in [-0.39, 0.29) is 17.2 Å². The minimum absolute atomic E-state index is 0.120. The Hall–Kier alpha value is -0.930. The van der Waals surface area contributed by atoms with Crippen molar-refractivity contribution in [1.29, 1.82) is 0 Å². The maximum atomic E-state index is 6.11. The van der Waals surface area contributed by atoms with Crippen LogP contribution in [0.2, 0.25) is 5.02 Å². The quantitative estimate of drug-likeness (QED) is 0.888. The van der Waals surface area contributed by atoms with Crippen LogP contribution in [0.1, 0.15) is 41.0 Å². The molecule has 1 atom stereocenters. The van der Waals surface area contributed by atoms with Crippen LogP contribution < -0.4 is 10.1 Å². The normalized spacial score (nSPS) is 23.6. The molecule has 1 unspecified atom stereocenters. The van der Waals surface area contributed by atoms with E-state index in [4.69, 9.17) is 21.1 Å². The zero-order chi connectivity index (χ0) is 15.0. The van der Waals surface area contributed by atoms with Crippen LogP contribution in [0.3, 0.4) is 0 Å². The summed E-state index contributed by atoms with van der Waals surface area (Å²) in [6.45, 7) is 11.1. The molecule has 0 radical (unpaired) electrons. The van der Waals surface area contributed by atoms with E-state index < -0.39 is 0 Å². The molecule has 0 saturated carbocycles. The van der Waals surface area contributed by atoms with Crippen LogP contribution in [0.25, 0.3) is 0 Å².